The zero-order valence-corrected chi connectivity index (χ0v) is 14.0. The fourth-order valence-electron chi connectivity index (χ4n) is 2.19. The Hall–Kier alpha value is -2.57. The molecule has 0 aliphatic rings. The van der Waals surface area contributed by atoms with Crippen LogP contribution in [0.2, 0.25) is 0 Å². The molecule has 0 radical (unpaired) electrons. The summed E-state index contributed by atoms with van der Waals surface area (Å²) in [6, 6.07) is 8.70. The second kappa shape index (κ2) is 7.81. The van der Waals surface area contributed by atoms with Crippen LogP contribution in [0.1, 0.15) is 39.2 Å². The Labute approximate surface area is 140 Å². The van der Waals surface area contributed by atoms with Crippen LogP contribution < -0.4 is 5.32 Å². The first-order chi connectivity index (χ1) is 11.0. The van der Waals surface area contributed by atoms with Gasteiger partial charge in [-0.05, 0) is 32.8 Å². The predicted octanol–water partition coefficient (Wildman–Crippen LogP) is 2.44. The van der Waals surface area contributed by atoms with Gasteiger partial charge in [-0.1, -0.05) is 30.3 Å². The van der Waals surface area contributed by atoms with Gasteiger partial charge in [0.25, 0.3) is 0 Å². The molecule has 0 aliphatic carbocycles. The van der Waals surface area contributed by atoms with Crippen molar-refractivity contribution in [3.63, 3.8) is 0 Å². The summed E-state index contributed by atoms with van der Waals surface area (Å²) in [7, 11) is 0. The average molecular weight is 337 g/mol. The number of carbonyl (C=O) groups excluding carboxylic acids is 1. The molecular weight excluding hydrogens is 314 g/mol. The lowest BCUT2D eigenvalue weighted by Crippen LogP contribution is -2.57. The molecule has 0 bridgehead atoms. The zero-order chi connectivity index (χ0) is 18.4. The molecule has 0 spiro atoms. The molecule has 7 heteroatoms. The summed E-state index contributed by atoms with van der Waals surface area (Å²) in [6.07, 6.45) is -1.60. The van der Waals surface area contributed by atoms with E-state index in [1.54, 1.807) is 51.1 Å². The Kier molecular flexibility index (Phi) is 6.34. The molecule has 7 nitrogen and oxygen atoms in total. The molecule has 0 unspecified atom stereocenters. The Morgan fingerprint density at radius 2 is 1.67 bits per heavy atom. The van der Waals surface area contributed by atoms with Crippen molar-refractivity contribution in [1.29, 1.82) is 0 Å². The Morgan fingerprint density at radius 3 is 2.12 bits per heavy atom. The summed E-state index contributed by atoms with van der Waals surface area (Å²) >= 11 is 0. The number of hydrogen-bond donors (Lipinski definition) is 3. The molecule has 0 aromatic heterocycles. The smallest absolute Gasteiger partial charge is 0.408 e. The lowest BCUT2D eigenvalue weighted by atomic mass is 9.86. The van der Waals surface area contributed by atoms with Crippen LogP contribution in [0.3, 0.4) is 0 Å². The highest BCUT2D eigenvalue weighted by atomic mass is 16.6. The molecule has 3 N–H and O–H groups in total. The summed E-state index contributed by atoms with van der Waals surface area (Å²) < 4.78 is 5.13. The summed E-state index contributed by atoms with van der Waals surface area (Å²) in [5.74, 6) is -2.45. The Bertz CT molecular complexity index is 593. The van der Waals surface area contributed by atoms with E-state index < -0.39 is 35.6 Å². The summed E-state index contributed by atoms with van der Waals surface area (Å²) in [6.45, 7) is 4.97. The molecule has 132 valence electrons. The molecule has 0 saturated carbocycles. The van der Waals surface area contributed by atoms with Crippen molar-refractivity contribution < 1.29 is 29.3 Å². The number of carboxylic acids is 2. The van der Waals surface area contributed by atoms with Crippen LogP contribution in [0.15, 0.2) is 30.3 Å². The molecule has 1 aromatic rings. The van der Waals surface area contributed by atoms with E-state index in [1.165, 1.54) is 0 Å². The van der Waals surface area contributed by atoms with E-state index in [2.05, 4.69) is 5.32 Å². The second-order valence-corrected chi connectivity index (χ2v) is 6.57. The third-order valence-electron chi connectivity index (χ3n) is 3.26. The number of rotatable bonds is 7. The van der Waals surface area contributed by atoms with Gasteiger partial charge in [-0.25, -0.2) is 9.59 Å². The van der Waals surface area contributed by atoms with Crippen molar-refractivity contribution in [1.82, 2.24) is 5.32 Å². The molecule has 0 aliphatic heterocycles. The molecule has 0 saturated heterocycles. The molecule has 1 aromatic carbocycles. The topological polar surface area (TPSA) is 113 Å². The van der Waals surface area contributed by atoms with Crippen molar-refractivity contribution in [2.45, 2.75) is 51.2 Å². The van der Waals surface area contributed by atoms with Crippen LogP contribution in [0.5, 0.6) is 0 Å². The van der Waals surface area contributed by atoms with E-state index in [9.17, 15) is 19.5 Å². The molecule has 1 rings (SSSR count). The lowest BCUT2D eigenvalue weighted by molar-refractivity contribution is -0.146. The first-order valence-electron chi connectivity index (χ1n) is 7.54. The number of alkyl carbamates (subject to hydrolysis) is 1. The van der Waals surface area contributed by atoms with Crippen LogP contribution in [0.4, 0.5) is 4.79 Å². The van der Waals surface area contributed by atoms with Crippen LogP contribution in [-0.4, -0.2) is 39.4 Å². The minimum Gasteiger partial charge on any atom is -0.481 e. The van der Waals surface area contributed by atoms with E-state index in [0.717, 1.165) is 0 Å². The molecule has 0 heterocycles. The van der Waals surface area contributed by atoms with Gasteiger partial charge in [0.15, 0.2) is 0 Å². The third kappa shape index (κ3) is 6.28. The van der Waals surface area contributed by atoms with Crippen molar-refractivity contribution in [3.8, 4) is 0 Å². The van der Waals surface area contributed by atoms with Crippen LogP contribution in [-0.2, 0) is 20.7 Å². The minimum atomic E-state index is -1.76. The van der Waals surface area contributed by atoms with Crippen molar-refractivity contribution in [3.05, 3.63) is 35.9 Å². The first kappa shape index (κ1) is 19.5. The number of aliphatic carboxylic acids is 2. The number of benzene rings is 1. The largest absolute Gasteiger partial charge is 0.481 e. The standard InChI is InChI=1S/C17H23NO6/c1-16(2,3)24-15(23)18-17(14(21)22,10-9-13(19)20)11-12-7-5-4-6-8-12/h4-8H,9-11H2,1-3H3,(H,18,23)(H,19,20)(H,21,22)/t17-/m1/s1. The van der Waals surface area contributed by atoms with E-state index in [-0.39, 0.29) is 12.8 Å². The Morgan fingerprint density at radius 1 is 1.08 bits per heavy atom. The fourth-order valence-corrected chi connectivity index (χ4v) is 2.19. The summed E-state index contributed by atoms with van der Waals surface area (Å²) in [5.41, 5.74) is -1.89. The number of amides is 1. The third-order valence-corrected chi connectivity index (χ3v) is 3.26. The fraction of sp³-hybridized carbons (Fsp3) is 0.471. The van der Waals surface area contributed by atoms with Gasteiger partial charge >= 0.3 is 18.0 Å². The van der Waals surface area contributed by atoms with Gasteiger partial charge in [0.1, 0.15) is 11.1 Å². The zero-order valence-electron chi connectivity index (χ0n) is 14.0. The van der Waals surface area contributed by atoms with Gasteiger partial charge in [0.2, 0.25) is 0 Å². The van der Waals surface area contributed by atoms with Gasteiger partial charge in [-0.3, -0.25) is 4.79 Å². The highest BCUT2D eigenvalue weighted by Crippen LogP contribution is 2.22. The second-order valence-electron chi connectivity index (χ2n) is 6.57. The van der Waals surface area contributed by atoms with E-state index >= 15 is 0 Å². The quantitative estimate of drug-likeness (QED) is 0.704. The van der Waals surface area contributed by atoms with Crippen LogP contribution in [0.25, 0.3) is 0 Å². The number of hydrogen-bond acceptors (Lipinski definition) is 4. The normalized spacial score (nSPS) is 13.6. The SMILES string of the molecule is CC(C)(C)OC(=O)N[C@](CCC(=O)O)(Cc1ccccc1)C(=O)O. The van der Waals surface area contributed by atoms with Crippen LogP contribution in [0, 0.1) is 0 Å². The van der Waals surface area contributed by atoms with E-state index in [4.69, 9.17) is 9.84 Å². The molecular formula is C17H23NO6. The average Bonchev–Trinajstić information content (AvgIpc) is 2.43. The van der Waals surface area contributed by atoms with Gasteiger partial charge < -0.3 is 20.3 Å². The van der Waals surface area contributed by atoms with Gasteiger partial charge in [0, 0.05) is 12.8 Å². The van der Waals surface area contributed by atoms with Gasteiger partial charge in [-0.2, -0.15) is 0 Å². The molecule has 1 atom stereocenters. The van der Waals surface area contributed by atoms with Crippen molar-refractivity contribution in [2.24, 2.45) is 0 Å². The van der Waals surface area contributed by atoms with Gasteiger partial charge in [0.05, 0.1) is 0 Å². The highest BCUT2D eigenvalue weighted by molar-refractivity contribution is 5.85. The number of carbonyl (C=O) groups is 3. The molecule has 1 amide bonds. The monoisotopic (exact) mass is 337 g/mol. The summed E-state index contributed by atoms with van der Waals surface area (Å²) in [5, 5.41) is 21.0. The number of ether oxygens (including phenoxy) is 1. The van der Waals surface area contributed by atoms with Crippen molar-refractivity contribution >= 4 is 18.0 Å². The maximum absolute atomic E-state index is 12.1. The number of carboxylic acid groups (broad SMARTS) is 2. The maximum atomic E-state index is 12.1. The Balaban J connectivity index is 3.08. The predicted molar refractivity (Wildman–Crippen MR) is 86.8 cm³/mol. The lowest BCUT2D eigenvalue weighted by Gasteiger charge is -2.31. The van der Waals surface area contributed by atoms with E-state index in [1.807, 2.05) is 0 Å². The number of nitrogens with one attached hydrogen (secondary N) is 1. The van der Waals surface area contributed by atoms with Crippen LogP contribution >= 0.6 is 0 Å². The first-order valence-corrected chi connectivity index (χ1v) is 7.54. The molecule has 24 heavy (non-hydrogen) atoms. The molecule has 0 fully saturated rings. The van der Waals surface area contributed by atoms with E-state index in [0.29, 0.717) is 5.56 Å². The van der Waals surface area contributed by atoms with Crippen molar-refractivity contribution in [2.75, 3.05) is 0 Å². The van der Waals surface area contributed by atoms with Gasteiger partial charge in [-0.15, -0.1) is 0 Å². The summed E-state index contributed by atoms with van der Waals surface area (Å²) in [4.78, 5) is 34.8. The highest BCUT2D eigenvalue weighted by Gasteiger charge is 2.41. The minimum absolute atomic E-state index is 0.0459. The maximum Gasteiger partial charge on any atom is 0.408 e.